The van der Waals surface area contributed by atoms with Crippen LogP contribution in [0.2, 0.25) is 0 Å². The third-order valence-electron chi connectivity index (χ3n) is 2.34. The van der Waals surface area contributed by atoms with E-state index in [1.54, 1.807) is 7.05 Å². The number of hydrogen-bond donors (Lipinski definition) is 6. The predicted molar refractivity (Wildman–Crippen MR) is 68.8 cm³/mol. The number of rotatable bonds is 9. The summed E-state index contributed by atoms with van der Waals surface area (Å²) in [7, 11) is 1.68. The molecule has 0 saturated heterocycles. The van der Waals surface area contributed by atoms with E-state index in [0.29, 0.717) is 13.0 Å². The summed E-state index contributed by atoms with van der Waals surface area (Å²) in [5.41, 5.74) is 10.1. The smallest absolute Gasteiger partial charge is 0.237 e. The summed E-state index contributed by atoms with van der Waals surface area (Å²) in [4.78, 5) is 22.1. The van der Waals surface area contributed by atoms with Crippen molar-refractivity contribution < 1.29 is 9.59 Å². The second-order valence-electron chi connectivity index (χ2n) is 3.86. The van der Waals surface area contributed by atoms with Crippen LogP contribution < -0.4 is 27.4 Å². The Kier molecular flexibility index (Phi) is 8.29. The fraction of sp³-hybridized carbons (Fsp3) is 0.700. The molecule has 8 heteroatoms. The van der Waals surface area contributed by atoms with Crippen LogP contribution in [0.25, 0.3) is 0 Å². The van der Waals surface area contributed by atoms with E-state index < -0.39 is 5.91 Å². The summed E-state index contributed by atoms with van der Waals surface area (Å²) in [5.74, 6) is -0.862. The predicted octanol–water partition coefficient (Wildman–Crippen LogP) is -2.17. The third kappa shape index (κ3) is 8.34. The van der Waals surface area contributed by atoms with Crippen molar-refractivity contribution in [3.63, 3.8) is 0 Å². The summed E-state index contributed by atoms with van der Waals surface area (Å²) < 4.78 is 0. The molecule has 0 fully saturated rings. The summed E-state index contributed by atoms with van der Waals surface area (Å²) in [5, 5.41) is 15.0. The van der Waals surface area contributed by atoms with Crippen LogP contribution in [0.1, 0.15) is 19.3 Å². The van der Waals surface area contributed by atoms with E-state index >= 15 is 0 Å². The number of amides is 2. The third-order valence-corrected chi connectivity index (χ3v) is 2.34. The van der Waals surface area contributed by atoms with Gasteiger partial charge in [0.05, 0.1) is 12.6 Å². The minimum absolute atomic E-state index is 0.0561. The van der Waals surface area contributed by atoms with Gasteiger partial charge in [-0.25, -0.2) is 0 Å². The van der Waals surface area contributed by atoms with Crippen LogP contribution in [0.15, 0.2) is 0 Å². The first-order valence-corrected chi connectivity index (χ1v) is 5.78. The van der Waals surface area contributed by atoms with Crippen LogP contribution in [0, 0.1) is 5.41 Å². The number of guanidine groups is 1. The minimum Gasteiger partial charge on any atom is -0.370 e. The summed E-state index contributed by atoms with van der Waals surface area (Å²) in [6.07, 6.45) is 2.25. The number of nitrogens with two attached hydrogens (primary N) is 2. The zero-order chi connectivity index (χ0) is 14.0. The highest BCUT2D eigenvalue weighted by atomic mass is 16.2. The highest BCUT2D eigenvalue weighted by molar-refractivity contribution is 5.86. The number of unbranched alkanes of at least 4 members (excludes halogenated alkanes) is 1. The Labute approximate surface area is 106 Å². The van der Waals surface area contributed by atoms with Crippen LogP contribution in [0.4, 0.5) is 0 Å². The monoisotopic (exact) mass is 258 g/mol. The molecule has 8 nitrogen and oxygen atoms in total. The molecule has 0 aliphatic rings. The molecule has 0 rings (SSSR count). The van der Waals surface area contributed by atoms with Gasteiger partial charge in [-0.2, -0.15) is 0 Å². The van der Waals surface area contributed by atoms with Gasteiger partial charge in [0.25, 0.3) is 0 Å². The molecule has 18 heavy (non-hydrogen) atoms. The van der Waals surface area contributed by atoms with E-state index in [1.165, 1.54) is 0 Å². The molecule has 0 spiro atoms. The first-order valence-electron chi connectivity index (χ1n) is 5.78. The minimum atomic E-state index is -0.566. The average molecular weight is 258 g/mol. The molecule has 0 saturated carbocycles. The number of primary amides is 1. The molecule has 8 N–H and O–H groups in total. The molecular formula is C10H22N6O2. The lowest BCUT2D eigenvalue weighted by Crippen LogP contribution is -2.45. The maximum absolute atomic E-state index is 11.6. The molecule has 104 valence electrons. The van der Waals surface area contributed by atoms with Crippen molar-refractivity contribution in [2.45, 2.75) is 25.3 Å². The molecule has 0 unspecified atom stereocenters. The topological polar surface area (TPSA) is 146 Å². The van der Waals surface area contributed by atoms with Gasteiger partial charge in [0.2, 0.25) is 11.8 Å². The van der Waals surface area contributed by atoms with Crippen LogP contribution >= 0.6 is 0 Å². The zero-order valence-corrected chi connectivity index (χ0v) is 10.6. The number of likely N-dealkylation sites (N-methyl/N-ethyl adjacent to an activating group) is 1. The van der Waals surface area contributed by atoms with Gasteiger partial charge >= 0.3 is 0 Å². The van der Waals surface area contributed by atoms with E-state index in [0.717, 1.165) is 12.8 Å². The summed E-state index contributed by atoms with van der Waals surface area (Å²) in [6, 6.07) is -0.346. The van der Waals surface area contributed by atoms with E-state index in [2.05, 4.69) is 16.0 Å². The molecule has 0 aliphatic heterocycles. The lowest BCUT2D eigenvalue weighted by atomic mass is 10.1. The van der Waals surface area contributed by atoms with Gasteiger partial charge in [0.1, 0.15) is 0 Å². The van der Waals surface area contributed by atoms with Crippen LogP contribution in [0.5, 0.6) is 0 Å². The summed E-state index contributed by atoms with van der Waals surface area (Å²) in [6.45, 7) is 0.456. The fourth-order valence-corrected chi connectivity index (χ4v) is 1.40. The molecule has 1 atom stereocenters. The molecule has 0 aromatic carbocycles. The number of carbonyl (C=O) groups excluding carboxylic acids is 2. The standard InChI is InChI=1S/C10H22N6O2/c1-14-7(9(18)16-6-8(11)17)4-2-3-5-15-10(12)13/h7,14H,2-6H2,1H3,(H2,11,17)(H,16,18)(H4,12,13,15)/t7-/m0/s1. The van der Waals surface area contributed by atoms with Gasteiger partial charge in [0, 0.05) is 6.54 Å². The summed E-state index contributed by atoms with van der Waals surface area (Å²) >= 11 is 0. The Morgan fingerprint density at radius 3 is 2.39 bits per heavy atom. The number of nitrogens with one attached hydrogen (secondary N) is 4. The molecule has 0 heterocycles. The van der Waals surface area contributed by atoms with E-state index in [4.69, 9.17) is 16.9 Å². The largest absolute Gasteiger partial charge is 0.370 e. The van der Waals surface area contributed by atoms with Gasteiger partial charge in [-0.3, -0.25) is 15.0 Å². The van der Waals surface area contributed by atoms with Crippen LogP contribution in [-0.4, -0.2) is 44.0 Å². The highest BCUT2D eigenvalue weighted by Crippen LogP contribution is 2.00. The van der Waals surface area contributed by atoms with Gasteiger partial charge in [-0.05, 0) is 26.3 Å². The first kappa shape index (κ1) is 16.2. The van der Waals surface area contributed by atoms with Crippen molar-refractivity contribution in [1.82, 2.24) is 16.0 Å². The number of carbonyl (C=O) groups is 2. The Balaban J connectivity index is 3.78. The molecule has 2 amide bonds. The van der Waals surface area contributed by atoms with Crippen LogP contribution in [-0.2, 0) is 9.59 Å². The molecular weight excluding hydrogens is 236 g/mol. The fourth-order valence-electron chi connectivity index (χ4n) is 1.40. The lowest BCUT2D eigenvalue weighted by molar-refractivity contribution is -0.126. The van der Waals surface area contributed by atoms with E-state index in [1.807, 2.05) is 0 Å². The van der Waals surface area contributed by atoms with Gasteiger partial charge in [-0.15, -0.1) is 0 Å². The molecule has 0 radical (unpaired) electrons. The normalized spacial score (nSPS) is 11.6. The van der Waals surface area contributed by atoms with Crippen LogP contribution in [0.3, 0.4) is 0 Å². The Morgan fingerprint density at radius 2 is 1.89 bits per heavy atom. The first-order chi connectivity index (χ1) is 8.47. The highest BCUT2D eigenvalue weighted by Gasteiger charge is 2.15. The van der Waals surface area contributed by atoms with Crippen molar-refractivity contribution in [1.29, 1.82) is 5.41 Å². The van der Waals surface area contributed by atoms with E-state index in [9.17, 15) is 9.59 Å². The Morgan fingerprint density at radius 1 is 1.22 bits per heavy atom. The second-order valence-corrected chi connectivity index (χ2v) is 3.86. The maximum atomic E-state index is 11.6. The van der Waals surface area contributed by atoms with Gasteiger partial charge in [-0.1, -0.05) is 0 Å². The quantitative estimate of drug-likeness (QED) is 0.158. The van der Waals surface area contributed by atoms with Crippen molar-refractivity contribution in [2.75, 3.05) is 20.1 Å². The SMILES string of the molecule is CN[C@@H](CCCCNC(=N)N)C(=O)NCC(N)=O. The van der Waals surface area contributed by atoms with Crippen molar-refractivity contribution in [3.8, 4) is 0 Å². The zero-order valence-electron chi connectivity index (χ0n) is 10.6. The van der Waals surface area contributed by atoms with Crippen molar-refractivity contribution in [3.05, 3.63) is 0 Å². The Hall–Kier alpha value is -1.83. The average Bonchev–Trinajstić information content (AvgIpc) is 2.30. The molecule has 0 aromatic rings. The molecule has 0 aliphatic carbocycles. The molecule has 0 aromatic heterocycles. The molecule has 0 bridgehead atoms. The van der Waals surface area contributed by atoms with Gasteiger partial charge in [0.15, 0.2) is 5.96 Å². The second kappa shape index (κ2) is 9.23. The van der Waals surface area contributed by atoms with Crippen molar-refractivity contribution >= 4 is 17.8 Å². The lowest BCUT2D eigenvalue weighted by Gasteiger charge is -2.15. The Bertz CT molecular complexity index is 294. The maximum Gasteiger partial charge on any atom is 0.237 e. The van der Waals surface area contributed by atoms with Gasteiger partial charge < -0.3 is 27.4 Å². The number of hydrogen-bond acceptors (Lipinski definition) is 4. The van der Waals surface area contributed by atoms with Crippen molar-refractivity contribution in [2.24, 2.45) is 11.5 Å². The van der Waals surface area contributed by atoms with E-state index in [-0.39, 0.29) is 24.5 Å².